The Labute approximate surface area is 166 Å². The molecule has 150 valence electrons. The van der Waals surface area contributed by atoms with E-state index in [1.54, 1.807) is 4.90 Å². The van der Waals surface area contributed by atoms with Crippen LogP contribution in [0.5, 0.6) is 5.75 Å². The third kappa shape index (κ3) is 5.15. The molecule has 6 nitrogen and oxygen atoms in total. The molecular weight excluding hydrogens is 354 g/mol. The van der Waals surface area contributed by atoms with Gasteiger partial charge >= 0.3 is 0 Å². The first-order valence-corrected chi connectivity index (χ1v) is 9.82. The molecule has 0 saturated heterocycles. The van der Waals surface area contributed by atoms with Crippen LogP contribution in [0.4, 0.5) is 0 Å². The van der Waals surface area contributed by atoms with Gasteiger partial charge in [0.05, 0.1) is 6.54 Å². The normalized spacial score (nSPS) is 13.4. The lowest BCUT2D eigenvalue weighted by molar-refractivity contribution is -0.143. The van der Waals surface area contributed by atoms with E-state index in [2.05, 4.69) is 0 Å². The van der Waals surface area contributed by atoms with Gasteiger partial charge in [-0.25, -0.2) is 0 Å². The minimum absolute atomic E-state index is 0.00883. The van der Waals surface area contributed by atoms with Crippen LogP contribution in [0, 0.1) is 0 Å². The van der Waals surface area contributed by atoms with Crippen LogP contribution >= 0.6 is 0 Å². The SMILES string of the molecule is CC(C)N(CC(=O)N(Cc1cccn1C)C1CC1)C(=O)COc1ccccc1. The maximum atomic E-state index is 13.0. The number of nitrogens with zero attached hydrogens (tertiary/aromatic N) is 3. The molecule has 1 aromatic carbocycles. The molecule has 1 saturated carbocycles. The number of hydrogen-bond acceptors (Lipinski definition) is 3. The first kappa shape index (κ1) is 20.0. The number of carbonyl (C=O) groups is 2. The van der Waals surface area contributed by atoms with Gasteiger partial charge in [0, 0.05) is 31.0 Å². The van der Waals surface area contributed by atoms with E-state index < -0.39 is 0 Å². The average molecular weight is 383 g/mol. The maximum absolute atomic E-state index is 13.0. The fraction of sp³-hybridized carbons (Fsp3) is 0.455. The quantitative estimate of drug-likeness (QED) is 0.669. The zero-order valence-electron chi connectivity index (χ0n) is 16.9. The Hall–Kier alpha value is -2.76. The Morgan fingerprint density at radius 3 is 2.39 bits per heavy atom. The van der Waals surface area contributed by atoms with Crippen molar-refractivity contribution in [1.29, 1.82) is 0 Å². The van der Waals surface area contributed by atoms with E-state index in [0.717, 1.165) is 18.5 Å². The Bertz CT molecular complexity index is 796. The summed E-state index contributed by atoms with van der Waals surface area (Å²) in [5.41, 5.74) is 1.09. The molecule has 1 aliphatic rings. The first-order chi connectivity index (χ1) is 13.5. The zero-order valence-corrected chi connectivity index (χ0v) is 16.9. The van der Waals surface area contributed by atoms with Crippen LogP contribution in [-0.2, 0) is 23.2 Å². The number of carbonyl (C=O) groups excluding carboxylic acids is 2. The zero-order chi connectivity index (χ0) is 20.1. The van der Waals surface area contributed by atoms with E-state index in [1.807, 2.05) is 79.0 Å². The van der Waals surface area contributed by atoms with Crippen LogP contribution in [0.15, 0.2) is 48.7 Å². The predicted molar refractivity (Wildman–Crippen MR) is 108 cm³/mol. The molecule has 0 unspecified atom stereocenters. The number of para-hydroxylation sites is 1. The lowest BCUT2D eigenvalue weighted by atomic mass is 10.2. The minimum Gasteiger partial charge on any atom is -0.484 e. The van der Waals surface area contributed by atoms with Crippen LogP contribution < -0.4 is 4.74 Å². The Morgan fingerprint density at radius 1 is 1.11 bits per heavy atom. The molecule has 0 spiro atoms. The van der Waals surface area contributed by atoms with Gasteiger partial charge in [-0.1, -0.05) is 18.2 Å². The highest BCUT2D eigenvalue weighted by molar-refractivity contribution is 5.86. The fourth-order valence-electron chi connectivity index (χ4n) is 3.18. The second-order valence-electron chi connectivity index (χ2n) is 7.58. The molecule has 0 atom stereocenters. The van der Waals surface area contributed by atoms with Crippen LogP contribution in [-0.4, -0.2) is 51.4 Å². The summed E-state index contributed by atoms with van der Waals surface area (Å²) in [5.74, 6) is 0.460. The standard InChI is InChI=1S/C22H29N3O3/c1-17(2)24(22(27)16-28-20-9-5-4-6-10-20)15-21(26)25(18-11-12-18)14-19-8-7-13-23(19)3/h4-10,13,17-18H,11-12,14-16H2,1-3H3. The van der Waals surface area contributed by atoms with Gasteiger partial charge in [0.2, 0.25) is 5.91 Å². The van der Waals surface area contributed by atoms with Crippen LogP contribution in [0.25, 0.3) is 0 Å². The molecule has 0 radical (unpaired) electrons. The molecule has 0 N–H and O–H groups in total. The summed E-state index contributed by atoms with van der Waals surface area (Å²) in [6.45, 7) is 4.43. The monoisotopic (exact) mass is 383 g/mol. The Balaban J connectivity index is 1.62. The summed E-state index contributed by atoms with van der Waals surface area (Å²) >= 11 is 0. The van der Waals surface area contributed by atoms with E-state index in [4.69, 9.17) is 4.74 Å². The fourth-order valence-corrected chi connectivity index (χ4v) is 3.18. The number of rotatable bonds is 9. The lowest BCUT2D eigenvalue weighted by Crippen LogP contribution is -2.47. The maximum Gasteiger partial charge on any atom is 0.261 e. The van der Waals surface area contributed by atoms with E-state index >= 15 is 0 Å². The molecule has 0 aliphatic heterocycles. The largest absolute Gasteiger partial charge is 0.484 e. The molecule has 2 amide bonds. The molecule has 1 heterocycles. The number of benzene rings is 1. The highest BCUT2D eigenvalue weighted by atomic mass is 16.5. The number of aromatic nitrogens is 1. The van der Waals surface area contributed by atoms with Crippen LogP contribution in [0.1, 0.15) is 32.4 Å². The summed E-state index contributed by atoms with van der Waals surface area (Å²) < 4.78 is 7.61. The predicted octanol–water partition coefficient (Wildman–Crippen LogP) is 2.83. The average Bonchev–Trinajstić information content (AvgIpc) is 3.44. The summed E-state index contributed by atoms with van der Waals surface area (Å²) in [4.78, 5) is 29.3. The second kappa shape index (κ2) is 8.95. The highest BCUT2D eigenvalue weighted by Gasteiger charge is 2.34. The van der Waals surface area contributed by atoms with Crippen LogP contribution in [0.3, 0.4) is 0 Å². The number of aryl methyl sites for hydroxylation is 1. The number of hydrogen-bond donors (Lipinski definition) is 0. The van der Waals surface area contributed by atoms with Gasteiger partial charge in [-0.2, -0.15) is 0 Å². The lowest BCUT2D eigenvalue weighted by Gasteiger charge is -2.30. The van der Waals surface area contributed by atoms with Gasteiger partial charge in [0.25, 0.3) is 5.91 Å². The molecule has 3 rings (SSSR count). The number of amides is 2. The molecule has 0 bridgehead atoms. The molecule has 6 heteroatoms. The van der Waals surface area contributed by atoms with Gasteiger partial charge in [-0.3, -0.25) is 9.59 Å². The summed E-state index contributed by atoms with van der Waals surface area (Å²) in [5, 5.41) is 0. The molecule has 1 aromatic heterocycles. The van der Waals surface area contributed by atoms with Crippen LogP contribution in [0.2, 0.25) is 0 Å². The van der Waals surface area contributed by atoms with Crippen molar-refractivity contribution in [3.8, 4) is 5.75 Å². The third-order valence-corrected chi connectivity index (χ3v) is 5.05. The van der Waals surface area contributed by atoms with Gasteiger partial charge in [-0.15, -0.1) is 0 Å². The van der Waals surface area contributed by atoms with E-state index in [-0.39, 0.29) is 37.0 Å². The van der Waals surface area contributed by atoms with Crippen molar-refractivity contribution in [3.63, 3.8) is 0 Å². The van der Waals surface area contributed by atoms with Crippen molar-refractivity contribution in [1.82, 2.24) is 14.4 Å². The van der Waals surface area contributed by atoms with Crippen molar-refractivity contribution in [2.24, 2.45) is 7.05 Å². The van der Waals surface area contributed by atoms with E-state index in [0.29, 0.717) is 12.3 Å². The highest BCUT2D eigenvalue weighted by Crippen LogP contribution is 2.28. The molecule has 1 fully saturated rings. The van der Waals surface area contributed by atoms with Gasteiger partial charge in [0.1, 0.15) is 12.3 Å². The van der Waals surface area contributed by atoms with Crippen molar-refractivity contribution in [2.45, 2.75) is 45.3 Å². The first-order valence-electron chi connectivity index (χ1n) is 9.82. The Morgan fingerprint density at radius 2 is 1.82 bits per heavy atom. The topological polar surface area (TPSA) is 54.8 Å². The summed E-state index contributed by atoms with van der Waals surface area (Å²) in [6.07, 6.45) is 4.04. The van der Waals surface area contributed by atoms with Crippen molar-refractivity contribution < 1.29 is 14.3 Å². The second-order valence-corrected chi connectivity index (χ2v) is 7.58. The van der Waals surface area contributed by atoms with Gasteiger partial charge < -0.3 is 19.1 Å². The summed E-state index contributed by atoms with van der Waals surface area (Å²) in [6, 6.07) is 13.5. The molecule has 1 aliphatic carbocycles. The van der Waals surface area contributed by atoms with E-state index in [1.165, 1.54) is 0 Å². The third-order valence-electron chi connectivity index (χ3n) is 5.05. The summed E-state index contributed by atoms with van der Waals surface area (Å²) in [7, 11) is 1.98. The number of ether oxygens (including phenoxy) is 1. The minimum atomic E-state index is -0.179. The van der Waals surface area contributed by atoms with E-state index in [9.17, 15) is 9.59 Å². The van der Waals surface area contributed by atoms with Crippen molar-refractivity contribution in [2.75, 3.05) is 13.2 Å². The molecule has 2 aromatic rings. The molecular formula is C22H29N3O3. The van der Waals surface area contributed by atoms with Gasteiger partial charge in [-0.05, 0) is 51.0 Å². The molecule has 28 heavy (non-hydrogen) atoms. The van der Waals surface area contributed by atoms with Crippen molar-refractivity contribution >= 4 is 11.8 Å². The Kier molecular flexibility index (Phi) is 6.39. The van der Waals surface area contributed by atoms with Crippen molar-refractivity contribution in [3.05, 3.63) is 54.4 Å². The smallest absolute Gasteiger partial charge is 0.261 e. The van der Waals surface area contributed by atoms with Gasteiger partial charge in [0.15, 0.2) is 6.61 Å².